The van der Waals surface area contributed by atoms with Crippen molar-refractivity contribution < 1.29 is 4.79 Å². The zero-order valence-corrected chi connectivity index (χ0v) is 17.0. The molecule has 1 aliphatic heterocycles. The molecule has 1 aromatic carbocycles. The number of nitrogens with one attached hydrogen (secondary N) is 1. The molecule has 0 unspecified atom stereocenters. The van der Waals surface area contributed by atoms with Crippen molar-refractivity contribution in [1.82, 2.24) is 14.7 Å². The Labute approximate surface area is 171 Å². The summed E-state index contributed by atoms with van der Waals surface area (Å²) >= 11 is 0. The summed E-state index contributed by atoms with van der Waals surface area (Å²) in [6.45, 7) is 6.76. The largest absolute Gasteiger partial charge is 0.365 e. The molecule has 2 aliphatic rings. The van der Waals surface area contributed by atoms with Crippen LogP contribution < -0.4 is 11.1 Å². The van der Waals surface area contributed by atoms with Crippen LogP contribution in [0.1, 0.15) is 49.5 Å². The quantitative estimate of drug-likeness (QED) is 0.813. The van der Waals surface area contributed by atoms with Gasteiger partial charge in [0.25, 0.3) is 5.91 Å². The van der Waals surface area contributed by atoms with Crippen molar-refractivity contribution in [2.45, 2.75) is 45.2 Å². The third kappa shape index (κ3) is 3.99. The number of nitrogens with two attached hydrogens (primary N) is 1. The lowest BCUT2D eigenvalue weighted by atomic mass is 9.77. The molecule has 1 saturated carbocycles. The number of aromatic nitrogens is 2. The van der Waals surface area contributed by atoms with Crippen molar-refractivity contribution in [3.63, 3.8) is 0 Å². The van der Waals surface area contributed by atoms with Gasteiger partial charge in [-0.05, 0) is 36.8 Å². The van der Waals surface area contributed by atoms with E-state index >= 15 is 0 Å². The zero-order chi connectivity index (χ0) is 20.6. The van der Waals surface area contributed by atoms with Crippen molar-refractivity contribution in [3.05, 3.63) is 42.1 Å². The highest BCUT2D eigenvalue weighted by atomic mass is 16.1. The fourth-order valence-electron chi connectivity index (χ4n) is 4.72. The molecular weight excluding hydrogens is 364 g/mol. The molecule has 0 spiro atoms. The number of para-hydroxylation sites is 1. The highest BCUT2D eigenvalue weighted by molar-refractivity contribution is 5.98. The Morgan fingerprint density at radius 1 is 1.28 bits per heavy atom. The summed E-state index contributed by atoms with van der Waals surface area (Å²) in [5, 5.41) is 17.6. The summed E-state index contributed by atoms with van der Waals surface area (Å²) in [7, 11) is 0. The Balaban J connectivity index is 1.52. The van der Waals surface area contributed by atoms with Crippen LogP contribution in [0.25, 0.3) is 0 Å². The van der Waals surface area contributed by atoms with E-state index in [4.69, 9.17) is 5.73 Å². The van der Waals surface area contributed by atoms with E-state index in [1.807, 2.05) is 30.3 Å². The number of primary amides is 1. The Morgan fingerprint density at radius 2 is 2.00 bits per heavy atom. The molecule has 2 fully saturated rings. The van der Waals surface area contributed by atoms with Crippen molar-refractivity contribution in [3.8, 4) is 6.07 Å². The summed E-state index contributed by atoms with van der Waals surface area (Å²) in [5.74, 6) is -0.227. The van der Waals surface area contributed by atoms with Gasteiger partial charge in [-0.2, -0.15) is 10.4 Å². The lowest BCUT2D eigenvalue weighted by molar-refractivity contribution is -0.0277. The van der Waals surface area contributed by atoms with E-state index in [9.17, 15) is 10.1 Å². The minimum atomic E-state index is -0.528. The molecule has 2 heterocycles. The van der Waals surface area contributed by atoms with Crippen LogP contribution in [-0.4, -0.2) is 39.7 Å². The minimum Gasteiger partial charge on any atom is -0.365 e. The van der Waals surface area contributed by atoms with Gasteiger partial charge in [0.05, 0.1) is 18.0 Å². The lowest BCUT2D eigenvalue weighted by Gasteiger charge is -2.52. The van der Waals surface area contributed by atoms with Gasteiger partial charge >= 0.3 is 0 Å². The van der Waals surface area contributed by atoms with E-state index in [0.29, 0.717) is 22.8 Å². The second kappa shape index (κ2) is 7.53. The maximum Gasteiger partial charge on any atom is 0.254 e. The Bertz CT molecular complexity index is 921. The van der Waals surface area contributed by atoms with Crippen LogP contribution in [0.4, 0.5) is 11.5 Å². The van der Waals surface area contributed by atoms with Gasteiger partial charge in [0.1, 0.15) is 5.56 Å². The molecule has 3 atom stereocenters. The van der Waals surface area contributed by atoms with Gasteiger partial charge in [0.15, 0.2) is 5.82 Å². The normalized spacial score (nSPS) is 26.3. The lowest BCUT2D eigenvalue weighted by Crippen LogP contribution is -2.58. The van der Waals surface area contributed by atoms with Crippen molar-refractivity contribution >= 4 is 17.4 Å². The molecule has 7 nitrogen and oxygen atoms in total. The predicted octanol–water partition coefficient (Wildman–Crippen LogP) is 3.30. The summed E-state index contributed by atoms with van der Waals surface area (Å²) in [4.78, 5) is 14.5. The van der Waals surface area contributed by atoms with E-state index in [2.05, 4.69) is 35.2 Å². The fraction of sp³-hybridized carbons (Fsp3) is 0.500. The van der Waals surface area contributed by atoms with Gasteiger partial charge in [0, 0.05) is 31.0 Å². The molecule has 1 aliphatic carbocycles. The van der Waals surface area contributed by atoms with Crippen LogP contribution >= 0.6 is 0 Å². The molecule has 4 rings (SSSR count). The Morgan fingerprint density at radius 3 is 2.62 bits per heavy atom. The maximum atomic E-state index is 12.0. The van der Waals surface area contributed by atoms with Crippen molar-refractivity contribution in [1.29, 1.82) is 5.26 Å². The van der Waals surface area contributed by atoms with Gasteiger partial charge < -0.3 is 11.1 Å². The summed E-state index contributed by atoms with van der Waals surface area (Å²) in [5.41, 5.74) is 7.15. The molecule has 152 valence electrons. The first-order valence-corrected chi connectivity index (χ1v) is 10.2. The summed E-state index contributed by atoms with van der Waals surface area (Å²) in [6, 6.07) is 12.5. The number of carbonyl (C=O) groups is 1. The first-order chi connectivity index (χ1) is 13.9. The van der Waals surface area contributed by atoms with E-state index in [1.54, 1.807) is 10.9 Å². The molecular formula is C22H28N6O. The average molecular weight is 393 g/mol. The number of likely N-dealkylation sites (tertiary alicyclic amines) is 1. The number of benzene rings is 1. The average Bonchev–Trinajstić information content (AvgIpc) is 3.10. The van der Waals surface area contributed by atoms with Gasteiger partial charge in [-0.15, -0.1) is 0 Å². The van der Waals surface area contributed by atoms with E-state index in [0.717, 1.165) is 38.0 Å². The first-order valence-electron chi connectivity index (χ1n) is 10.2. The topological polar surface area (TPSA) is 100.0 Å². The molecule has 2 aromatic rings. The molecule has 1 aromatic heterocycles. The van der Waals surface area contributed by atoms with E-state index in [1.165, 1.54) is 0 Å². The van der Waals surface area contributed by atoms with Crippen LogP contribution in [0.3, 0.4) is 0 Å². The monoisotopic (exact) mass is 392 g/mol. The highest BCUT2D eigenvalue weighted by Gasteiger charge is 2.42. The second-order valence-corrected chi connectivity index (χ2v) is 9.07. The number of hydrogen-bond donors (Lipinski definition) is 2. The minimum absolute atomic E-state index is 0.0463. The number of hydrogen-bond acceptors (Lipinski definition) is 5. The van der Waals surface area contributed by atoms with Crippen LogP contribution in [0, 0.1) is 22.7 Å². The van der Waals surface area contributed by atoms with Crippen molar-refractivity contribution in [2.75, 3.05) is 18.4 Å². The van der Waals surface area contributed by atoms with Gasteiger partial charge in [-0.25, -0.2) is 0 Å². The molecule has 0 radical (unpaired) electrons. The summed E-state index contributed by atoms with van der Waals surface area (Å²) < 4.78 is 1.77. The SMILES string of the molecule is CC1(C)CN([C@H]2CC[C@H](n3cc(C(N)=O)c(Nc4ccccc4)n3)[C@@H](C#N)C2)C1. The van der Waals surface area contributed by atoms with Gasteiger partial charge in [0.2, 0.25) is 0 Å². The number of amides is 1. The molecule has 3 N–H and O–H groups in total. The second-order valence-electron chi connectivity index (χ2n) is 9.07. The first kappa shape index (κ1) is 19.5. The summed E-state index contributed by atoms with van der Waals surface area (Å²) in [6.07, 6.45) is 4.43. The highest BCUT2D eigenvalue weighted by Crippen LogP contribution is 2.40. The van der Waals surface area contributed by atoms with Crippen LogP contribution in [-0.2, 0) is 0 Å². The molecule has 29 heavy (non-hydrogen) atoms. The fourth-order valence-corrected chi connectivity index (χ4v) is 4.72. The third-order valence-electron chi connectivity index (χ3n) is 6.10. The number of nitriles is 1. The van der Waals surface area contributed by atoms with Crippen LogP contribution in [0.2, 0.25) is 0 Å². The number of anilines is 2. The predicted molar refractivity (Wildman–Crippen MR) is 112 cm³/mol. The van der Waals surface area contributed by atoms with Gasteiger partial charge in [-0.3, -0.25) is 14.4 Å². The Hall–Kier alpha value is -2.85. The number of rotatable bonds is 5. The zero-order valence-electron chi connectivity index (χ0n) is 17.0. The smallest absolute Gasteiger partial charge is 0.254 e. The molecule has 7 heteroatoms. The standard InChI is InChI=1S/C22H28N6O/c1-22(2)13-27(14-22)17-8-9-19(15(10-17)11-23)28-12-18(20(24)29)21(26-28)25-16-6-4-3-5-7-16/h3-7,12,15,17,19H,8-10,13-14H2,1-2H3,(H2,24,29)(H,25,26)/t15-,17+,19+/m1/s1. The molecule has 0 bridgehead atoms. The third-order valence-corrected chi connectivity index (χ3v) is 6.10. The van der Waals surface area contributed by atoms with Crippen LogP contribution in [0.15, 0.2) is 36.5 Å². The number of carbonyl (C=O) groups excluding carboxylic acids is 1. The van der Waals surface area contributed by atoms with E-state index in [-0.39, 0.29) is 12.0 Å². The maximum absolute atomic E-state index is 12.0. The van der Waals surface area contributed by atoms with Crippen molar-refractivity contribution in [2.24, 2.45) is 17.1 Å². The van der Waals surface area contributed by atoms with Gasteiger partial charge in [-0.1, -0.05) is 32.0 Å². The molecule has 1 saturated heterocycles. The molecule has 1 amide bonds. The van der Waals surface area contributed by atoms with Crippen LogP contribution in [0.5, 0.6) is 0 Å². The Kier molecular flexibility index (Phi) is 5.05. The number of nitrogens with zero attached hydrogens (tertiary/aromatic N) is 4. The van der Waals surface area contributed by atoms with E-state index < -0.39 is 5.91 Å².